The number of pyridine rings is 1. The van der Waals surface area contributed by atoms with E-state index in [0.717, 1.165) is 17.8 Å². The molecule has 0 amide bonds. The van der Waals surface area contributed by atoms with Gasteiger partial charge in [-0.25, -0.2) is 13.8 Å². The van der Waals surface area contributed by atoms with Crippen molar-refractivity contribution in [2.24, 2.45) is 0 Å². The molecule has 2 rings (SSSR count). The molecule has 0 fully saturated rings. The van der Waals surface area contributed by atoms with E-state index in [0.29, 0.717) is 13.1 Å². The number of anilines is 1. The Morgan fingerprint density at radius 3 is 2.82 bits per heavy atom. The maximum absolute atomic E-state index is 13.2. The summed E-state index contributed by atoms with van der Waals surface area (Å²) >= 11 is 0. The molecule has 6 heteroatoms. The summed E-state index contributed by atoms with van der Waals surface area (Å²) in [6.07, 6.45) is 4.61. The number of hydrogen-bond donors (Lipinski definition) is 1. The molecule has 0 aliphatic rings. The fourth-order valence-corrected chi connectivity index (χ4v) is 1.42. The van der Waals surface area contributed by atoms with E-state index in [1.54, 1.807) is 10.9 Å². The predicted octanol–water partition coefficient (Wildman–Crippen LogP) is 1.98. The van der Waals surface area contributed by atoms with Crippen molar-refractivity contribution in [1.29, 1.82) is 0 Å². The van der Waals surface area contributed by atoms with Gasteiger partial charge in [-0.3, -0.25) is 4.68 Å². The van der Waals surface area contributed by atoms with E-state index in [9.17, 15) is 8.78 Å². The second-order valence-corrected chi connectivity index (χ2v) is 3.69. The topological polar surface area (TPSA) is 42.7 Å². The van der Waals surface area contributed by atoms with Crippen LogP contribution in [0.1, 0.15) is 5.56 Å². The van der Waals surface area contributed by atoms with Gasteiger partial charge in [0.2, 0.25) is 0 Å². The molecule has 0 atom stereocenters. The molecule has 0 unspecified atom stereocenters. The van der Waals surface area contributed by atoms with E-state index in [1.807, 2.05) is 13.1 Å². The number of nitrogens with one attached hydrogen (secondary N) is 1. The Morgan fingerprint density at radius 1 is 1.35 bits per heavy atom. The van der Waals surface area contributed by atoms with E-state index in [4.69, 9.17) is 0 Å². The number of halogens is 2. The van der Waals surface area contributed by atoms with Crippen molar-refractivity contribution in [2.75, 3.05) is 11.9 Å². The third-order valence-corrected chi connectivity index (χ3v) is 2.20. The SMILES string of the molecule is Cc1cnn(CCNc2ncc(F)cc2F)c1. The Labute approximate surface area is 97.3 Å². The van der Waals surface area contributed by atoms with Gasteiger partial charge in [0, 0.05) is 18.8 Å². The number of hydrogen-bond acceptors (Lipinski definition) is 3. The van der Waals surface area contributed by atoms with Gasteiger partial charge in [-0.05, 0) is 12.5 Å². The van der Waals surface area contributed by atoms with Crippen molar-refractivity contribution in [3.05, 3.63) is 41.9 Å². The van der Waals surface area contributed by atoms with Crippen LogP contribution in [0.3, 0.4) is 0 Å². The van der Waals surface area contributed by atoms with Gasteiger partial charge in [0.1, 0.15) is 5.82 Å². The zero-order valence-corrected chi connectivity index (χ0v) is 9.32. The van der Waals surface area contributed by atoms with Crippen LogP contribution in [0.4, 0.5) is 14.6 Å². The summed E-state index contributed by atoms with van der Waals surface area (Å²) in [5, 5.41) is 6.87. The van der Waals surface area contributed by atoms with Crippen LogP contribution >= 0.6 is 0 Å². The lowest BCUT2D eigenvalue weighted by atomic mass is 10.4. The molecule has 0 bridgehead atoms. The van der Waals surface area contributed by atoms with Crippen LogP contribution in [0.2, 0.25) is 0 Å². The second-order valence-electron chi connectivity index (χ2n) is 3.69. The summed E-state index contributed by atoms with van der Waals surface area (Å²) in [5.41, 5.74) is 1.07. The lowest BCUT2D eigenvalue weighted by molar-refractivity contribution is 0.573. The molecule has 1 N–H and O–H groups in total. The van der Waals surface area contributed by atoms with Crippen LogP contribution in [0.15, 0.2) is 24.7 Å². The van der Waals surface area contributed by atoms with E-state index >= 15 is 0 Å². The lowest BCUT2D eigenvalue weighted by Crippen LogP contribution is -2.12. The number of aromatic nitrogens is 3. The van der Waals surface area contributed by atoms with Crippen molar-refractivity contribution >= 4 is 5.82 Å². The molecule has 0 spiro atoms. The smallest absolute Gasteiger partial charge is 0.168 e. The summed E-state index contributed by atoms with van der Waals surface area (Å²) in [6.45, 7) is 3.00. The largest absolute Gasteiger partial charge is 0.366 e. The molecular formula is C11H12F2N4. The minimum Gasteiger partial charge on any atom is -0.366 e. The Morgan fingerprint density at radius 2 is 2.18 bits per heavy atom. The average molecular weight is 238 g/mol. The second kappa shape index (κ2) is 4.90. The van der Waals surface area contributed by atoms with Gasteiger partial charge in [-0.15, -0.1) is 0 Å². The van der Waals surface area contributed by atoms with E-state index in [2.05, 4.69) is 15.4 Å². The zero-order valence-electron chi connectivity index (χ0n) is 9.32. The first-order valence-electron chi connectivity index (χ1n) is 5.19. The van der Waals surface area contributed by atoms with Gasteiger partial charge in [0.05, 0.1) is 18.9 Å². The molecule has 0 saturated heterocycles. The van der Waals surface area contributed by atoms with Gasteiger partial charge in [0.15, 0.2) is 11.6 Å². The van der Waals surface area contributed by atoms with Gasteiger partial charge in [-0.1, -0.05) is 0 Å². The molecule has 0 saturated carbocycles. The lowest BCUT2D eigenvalue weighted by Gasteiger charge is -2.06. The van der Waals surface area contributed by atoms with Crippen LogP contribution in [0.25, 0.3) is 0 Å². The van der Waals surface area contributed by atoms with Crippen LogP contribution in [-0.2, 0) is 6.54 Å². The van der Waals surface area contributed by atoms with Gasteiger partial charge >= 0.3 is 0 Å². The summed E-state index contributed by atoms with van der Waals surface area (Å²) in [7, 11) is 0. The van der Waals surface area contributed by atoms with Crippen molar-refractivity contribution in [3.63, 3.8) is 0 Å². The summed E-state index contributed by atoms with van der Waals surface area (Å²) in [6, 6.07) is 0.799. The highest BCUT2D eigenvalue weighted by molar-refractivity contribution is 5.35. The molecule has 17 heavy (non-hydrogen) atoms. The Balaban J connectivity index is 1.90. The van der Waals surface area contributed by atoms with Crippen molar-refractivity contribution < 1.29 is 8.78 Å². The molecule has 4 nitrogen and oxygen atoms in total. The van der Waals surface area contributed by atoms with Gasteiger partial charge < -0.3 is 5.32 Å². The minimum atomic E-state index is -0.693. The number of nitrogens with zero attached hydrogens (tertiary/aromatic N) is 3. The monoisotopic (exact) mass is 238 g/mol. The fourth-order valence-electron chi connectivity index (χ4n) is 1.42. The predicted molar refractivity (Wildman–Crippen MR) is 59.6 cm³/mol. The first kappa shape index (κ1) is 11.5. The normalized spacial score (nSPS) is 10.5. The minimum absolute atomic E-state index is 0.0512. The fraction of sp³-hybridized carbons (Fsp3) is 0.273. The van der Waals surface area contributed by atoms with Gasteiger partial charge in [0.25, 0.3) is 0 Å². The highest BCUT2D eigenvalue weighted by Crippen LogP contribution is 2.10. The molecule has 2 aromatic heterocycles. The molecule has 2 aromatic rings. The number of rotatable bonds is 4. The quantitative estimate of drug-likeness (QED) is 0.885. The summed E-state index contributed by atoms with van der Waals surface area (Å²) in [4.78, 5) is 3.62. The molecule has 0 aliphatic carbocycles. The van der Waals surface area contributed by atoms with Crippen molar-refractivity contribution in [1.82, 2.24) is 14.8 Å². The maximum atomic E-state index is 13.2. The third-order valence-electron chi connectivity index (χ3n) is 2.20. The van der Waals surface area contributed by atoms with Crippen LogP contribution in [-0.4, -0.2) is 21.3 Å². The Bertz CT molecular complexity index is 510. The molecule has 90 valence electrons. The molecule has 2 heterocycles. The average Bonchev–Trinajstić information content (AvgIpc) is 2.68. The molecular weight excluding hydrogens is 226 g/mol. The molecule has 0 aromatic carbocycles. The first-order valence-corrected chi connectivity index (χ1v) is 5.19. The standard InChI is InChI=1S/C11H12F2N4/c1-8-5-16-17(7-8)3-2-14-11-10(13)4-9(12)6-15-11/h4-7H,2-3H2,1H3,(H,14,15). The van der Waals surface area contributed by atoms with E-state index < -0.39 is 11.6 Å². The summed E-state index contributed by atoms with van der Waals surface area (Å²) in [5.74, 6) is -1.33. The van der Waals surface area contributed by atoms with E-state index in [1.165, 1.54) is 0 Å². The van der Waals surface area contributed by atoms with Crippen molar-refractivity contribution in [3.8, 4) is 0 Å². The highest BCUT2D eigenvalue weighted by atomic mass is 19.1. The maximum Gasteiger partial charge on any atom is 0.168 e. The third kappa shape index (κ3) is 2.99. The molecule has 0 aliphatic heterocycles. The highest BCUT2D eigenvalue weighted by Gasteiger charge is 2.04. The van der Waals surface area contributed by atoms with Crippen LogP contribution in [0, 0.1) is 18.6 Å². The zero-order chi connectivity index (χ0) is 12.3. The Kier molecular flexibility index (Phi) is 3.32. The Hall–Kier alpha value is -1.98. The van der Waals surface area contributed by atoms with E-state index in [-0.39, 0.29) is 5.82 Å². The first-order chi connectivity index (χ1) is 8.15. The van der Waals surface area contributed by atoms with Crippen LogP contribution in [0.5, 0.6) is 0 Å². The summed E-state index contributed by atoms with van der Waals surface area (Å²) < 4.78 is 27.5. The van der Waals surface area contributed by atoms with Gasteiger partial charge in [-0.2, -0.15) is 5.10 Å². The van der Waals surface area contributed by atoms with Crippen LogP contribution < -0.4 is 5.32 Å². The van der Waals surface area contributed by atoms with Crippen molar-refractivity contribution in [2.45, 2.75) is 13.5 Å². The molecule has 0 radical (unpaired) electrons. The number of aryl methyl sites for hydroxylation is 1.